The fourth-order valence-corrected chi connectivity index (χ4v) is 8.06. The Morgan fingerprint density at radius 3 is 2.42 bits per heavy atom. The first kappa shape index (κ1) is 41.4. The molecule has 4 aliphatic rings. The lowest BCUT2D eigenvalue weighted by Gasteiger charge is -2.30. The number of carbonyl (C=O) groups is 6. The maximum Gasteiger partial charge on any atom is 0.410 e. The number of carbonyl (C=O) groups excluding carboxylic acids is 6. The second-order valence-corrected chi connectivity index (χ2v) is 17.9. The zero-order valence-electron chi connectivity index (χ0n) is 31.8. The van der Waals surface area contributed by atoms with Crippen LogP contribution in [0.3, 0.4) is 0 Å². The second kappa shape index (κ2) is 16.1. The largest absolute Gasteiger partial charge is 0.444 e. The molecule has 0 radical (unpaired) electrons. The van der Waals surface area contributed by atoms with Crippen LogP contribution in [0, 0.1) is 17.7 Å². The molecular formula is C38H50FN5O10S. The van der Waals surface area contributed by atoms with Crippen molar-refractivity contribution in [1.82, 2.24) is 25.2 Å². The maximum atomic E-state index is 14.4. The lowest BCUT2D eigenvalue weighted by Crippen LogP contribution is -2.58. The third-order valence-corrected chi connectivity index (χ3v) is 11.7. The normalized spacial score (nSPS) is 23.9. The lowest BCUT2D eigenvalue weighted by atomic mass is 10.0. The predicted octanol–water partition coefficient (Wildman–Crippen LogP) is 3.37. The molecule has 300 valence electrons. The van der Waals surface area contributed by atoms with Gasteiger partial charge in [0.05, 0.1) is 18.3 Å². The van der Waals surface area contributed by atoms with Crippen molar-refractivity contribution < 1.29 is 51.0 Å². The molecule has 0 bridgehead atoms. The number of alkyl carbamates (subject to hydrolysis) is 1. The number of rotatable bonds is 14. The van der Waals surface area contributed by atoms with Gasteiger partial charge in [-0.25, -0.2) is 22.4 Å². The lowest BCUT2D eigenvalue weighted by molar-refractivity contribution is -0.141. The molecular weight excluding hydrogens is 738 g/mol. The number of likely N-dealkylation sites (tertiary alicyclic amines) is 1. The van der Waals surface area contributed by atoms with E-state index in [4.69, 9.17) is 9.47 Å². The number of nitrogens with one attached hydrogen (secondary N) is 3. The Morgan fingerprint density at radius 2 is 1.82 bits per heavy atom. The number of allylic oxidation sites excluding steroid dienone is 2. The number of hydrogen-bond donors (Lipinski definition) is 3. The molecule has 1 saturated heterocycles. The highest BCUT2D eigenvalue weighted by molar-refractivity contribution is 7.91. The number of nitrogens with zero attached hydrogens (tertiary/aromatic N) is 2. The SMILES string of the molecule is C=C[C@@H]1C[C@]1(NC(=O)[C@@H]1C[C@@H](OC(=O)N2Cc3cccc(F)c3C2)CN1C(=O)[C@@H](CCC(=O)/C=C\C(C)C)NC(=O)OC(C)(C)C)C(=O)NS(=O)(=O)C1CC1. The summed E-state index contributed by atoms with van der Waals surface area (Å²) in [6.07, 6.45) is 2.01. The van der Waals surface area contributed by atoms with Crippen LogP contribution in [0.5, 0.6) is 0 Å². The molecule has 3 N–H and O–H groups in total. The number of sulfonamides is 1. The van der Waals surface area contributed by atoms with Gasteiger partial charge in [0, 0.05) is 30.9 Å². The first-order valence-corrected chi connectivity index (χ1v) is 20.0. The van der Waals surface area contributed by atoms with Gasteiger partial charge in [-0.2, -0.15) is 0 Å². The van der Waals surface area contributed by atoms with Crippen molar-refractivity contribution in [3.63, 3.8) is 0 Å². The molecule has 0 aromatic heterocycles. The van der Waals surface area contributed by atoms with Gasteiger partial charge in [-0.1, -0.05) is 38.1 Å². The summed E-state index contributed by atoms with van der Waals surface area (Å²) in [6, 6.07) is 1.79. The van der Waals surface area contributed by atoms with E-state index in [-0.39, 0.29) is 57.0 Å². The number of ether oxygens (including phenoxy) is 2. The van der Waals surface area contributed by atoms with E-state index in [1.807, 2.05) is 13.8 Å². The summed E-state index contributed by atoms with van der Waals surface area (Å²) in [5.74, 6) is -3.86. The molecule has 5 atom stereocenters. The summed E-state index contributed by atoms with van der Waals surface area (Å²) in [4.78, 5) is 83.5. The molecule has 17 heteroatoms. The number of fused-ring (bicyclic) bond motifs is 1. The second-order valence-electron chi connectivity index (χ2n) is 16.0. The highest BCUT2D eigenvalue weighted by Crippen LogP contribution is 2.45. The third-order valence-electron chi connectivity index (χ3n) is 9.88. The Labute approximate surface area is 320 Å². The van der Waals surface area contributed by atoms with Gasteiger partial charge in [0.15, 0.2) is 5.78 Å². The average molecular weight is 788 g/mol. The van der Waals surface area contributed by atoms with Crippen LogP contribution in [0.2, 0.25) is 0 Å². The van der Waals surface area contributed by atoms with E-state index in [1.165, 1.54) is 29.2 Å². The van der Waals surface area contributed by atoms with Gasteiger partial charge in [-0.15, -0.1) is 6.58 Å². The van der Waals surface area contributed by atoms with Gasteiger partial charge in [-0.3, -0.25) is 28.8 Å². The van der Waals surface area contributed by atoms with E-state index in [1.54, 1.807) is 32.9 Å². The first-order chi connectivity index (χ1) is 25.7. The Hall–Kier alpha value is -4.80. The molecule has 1 aromatic carbocycles. The molecule has 2 aliphatic carbocycles. The van der Waals surface area contributed by atoms with Crippen molar-refractivity contribution in [2.75, 3.05) is 6.54 Å². The van der Waals surface area contributed by atoms with Gasteiger partial charge in [-0.05, 0) is 70.1 Å². The van der Waals surface area contributed by atoms with Gasteiger partial charge in [0.2, 0.25) is 21.8 Å². The minimum atomic E-state index is -3.97. The molecule has 55 heavy (non-hydrogen) atoms. The topological polar surface area (TPSA) is 198 Å². The van der Waals surface area contributed by atoms with Crippen LogP contribution in [0.15, 0.2) is 43.0 Å². The molecule has 2 heterocycles. The molecule has 2 saturated carbocycles. The highest BCUT2D eigenvalue weighted by atomic mass is 32.2. The van der Waals surface area contributed by atoms with Crippen LogP contribution < -0.4 is 15.4 Å². The summed E-state index contributed by atoms with van der Waals surface area (Å²) in [6.45, 7) is 12.1. The van der Waals surface area contributed by atoms with Crippen molar-refractivity contribution in [1.29, 1.82) is 0 Å². The average Bonchev–Trinajstić information content (AvgIpc) is 3.98. The van der Waals surface area contributed by atoms with E-state index < -0.39 is 86.2 Å². The Kier molecular flexibility index (Phi) is 12.1. The van der Waals surface area contributed by atoms with E-state index in [0.717, 1.165) is 4.90 Å². The molecule has 5 rings (SSSR count). The van der Waals surface area contributed by atoms with Gasteiger partial charge < -0.3 is 25.0 Å². The Bertz CT molecular complexity index is 1870. The van der Waals surface area contributed by atoms with E-state index >= 15 is 0 Å². The molecule has 5 amide bonds. The fraction of sp³-hybridized carbons (Fsp3) is 0.579. The predicted molar refractivity (Wildman–Crippen MR) is 197 cm³/mol. The quantitative estimate of drug-likeness (QED) is 0.186. The molecule has 15 nitrogen and oxygen atoms in total. The molecule has 0 unspecified atom stereocenters. The standard InChI is InChI=1S/C38H50FN5O10S/c1-7-24-18-38(24,34(48)42-55(51,52)27-14-15-27)41-32(46)31-17-26(53-36(50)43-19-23-9-8-10-29(39)28(23)21-43)20-44(31)33(47)30(40-35(49)54-37(4,5)6)16-13-25(45)12-11-22(2)3/h7-12,22,24,26-27,30-31H,1,13-21H2,2-6H3,(H,40,49)(H,41,46)(H,42,48)/b12-11-/t24-,26-,30-,31+,38-/m1/s1. The fourth-order valence-electron chi connectivity index (χ4n) is 6.70. The van der Waals surface area contributed by atoms with Crippen LogP contribution in [-0.4, -0.2) is 95.0 Å². The van der Waals surface area contributed by atoms with E-state index in [2.05, 4.69) is 21.9 Å². The summed E-state index contributed by atoms with van der Waals surface area (Å²) >= 11 is 0. The number of halogens is 1. The molecule has 1 aromatic rings. The van der Waals surface area contributed by atoms with Crippen LogP contribution >= 0.6 is 0 Å². The van der Waals surface area contributed by atoms with Crippen molar-refractivity contribution in [3.05, 3.63) is 60.0 Å². The summed E-state index contributed by atoms with van der Waals surface area (Å²) < 4.78 is 53.0. The number of benzene rings is 1. The van der Waals surface area contributed by atoms with E-state index in [0.29, 0.717) is 24.0 Å². The van der Waals surface area contributed by atoms with Crippen molar-refractivity contribution in [2.45, 2.75) is 121 Å². The zero-order valence-corrected chi connectivity index (χ0v) is 32.6. The van der Waals surface area contributed by atoms with Crippen LogP contribution in [0.1, 0.15) is 84.3 Å². The minimum Gasteiger partial charge on any atom is -0.444 e. The zero-order chi connectivity index (χ0) is 40.5. The Balaban J connectivity index is 1.39. The number of hydrogen-bond acceptors (Lipinski definition) is 10. The minimum absolute atomic E-state index is 0.0499. The molecule has 3 fully saturated rings. The molecule has 2 aliphatic heterocycles. The van der Waals surface area contributed by atoms with Crippen molar-refractivity contribution in [2.24, 2.45) is 11.8 Å². The monoisotopic (exact) mass is 787 g/mol. The van der Waals surface area contributed by atoms with Gasteiger partial charge >= 0.3 is 12.2 Å². The number of amides is 5. The summed E-state index contributed by atoms with van der Waals surface area (Å²) in [5.41, 5.74) is -1.64. The van der Waals surface area contributed by atoms with Crippen LogP contribution in [0.25, 0.3) is 0 Å². The van der Waals surface area contributed by atoms with E-state index in [9.17, 15) is 41.6 Å². The van der Waals surface area contributed by atoms with Gasteiger partial charge in [0.25, 0.3) is 5.91 Å². The van der Waals surface area contributed by atoms with Gasteiger partial charge in [0.1, 0.15) is 35.1 Å². The Morgan fingerprint density at radius 1 is 1.11 bits per heavy atom. The third kappa shape index (κ3) is 10.1. The van der Waals surface area contributed by atoms with Crippen LogP contribution in [0.4, 0.5) is 14.0 Å². The first-order valence-electron chi connectivity index (χ1n) is 18.5. The smallest absolute Gasteiger partial charge is 0.410 e. The summed E-state index contributed by atoms with van der Waals surface area (Å²) in [5, 5.41) is 4.49. The van der Waals surface area contributed by atoms with Crippen LogP contribution in [-0.2, 0) is 51.8 Å². The van der Waals surface area contributed by atoms with Crippen molar-refractivity contribution >= 4 is 45.7 Å². The molecule has 0 spiro atoms. The number of ketones is 1. The highest BCUT2D eigenvalue weighted by Gasteiger charge is 2.62. The summed E-state index contributed by atoms with van der Waals surface area (Å²) in [7, 11) is -3.97. The maximum absolute atomic E-state index is 14.4. The van der Waals surface area contributed by atoms with Crippen molar-refractivity contribution in [3.8, 4) is 0 Å².